The van der Waals surface area contributed by atoms with Gasteiger partial charge in [0.2, 0.25) is 11.7 Å². The smallest absolute Gasteiger partial charge is 0.230 e. The van der Waals surface area contributed by atoms with E-state index in [-0.39, 0.29) is 0 Å². The predicted octanol–water partition coefficient (Wildman–Crippen LogP) is 1.99. The van der Waals surface area contributed by atoms with Crippen molar-refractivity contribution in [1.29, 1.82) is 0 Å². The van der Waals surface area contributed by atoms with E-state index in [0.717, 1.165) is 24.5 Å². The maximum absolute atomic E-state index is 5.46. The van der Waals surface area contributed by atoms with E-state index in [4.69, 9.17) is 4.52 Å². The third-order valence-corrected chi connectivity index (χ3v) is 4.45. The quantitative estimate of drug-likeness (QED) is 0.890. The summed E-state index contributed by atoms with van der Waals surface area (Å²) < 4.78 is 5.46. The van der Waals surface area contributed by atoms with E-state index in [1.807, 2.05) is 12.1 Å². The van der Waals surface area contributed by atoms with Gasteiger partial charge in [-0.05, 0) is 49.9 Å². The topological polar surface area (TPSA) is 63.8 Å². The molecule has 2 aromatic heterocycles. The summed E-state index contributed by atoms with van der Waals surface area (Å²) in [5, 5.41) is 7.49. The van der Waals surface area contributed by atoms with Gasteiger partial charge in [0.15, 0.2) is 0 Å². The molecule has 2 aliphatic rings. The monoisotopic (exact) mass is 256 g/mol. The Balaban J connectivity index is 1.57. The molecule has 98 valence electrons. The highest BCUT2D eigenvalue weighted by Gasteiger charge is 2.57. The first-order valence-corrected chi connectivity index (χ1v) is 6.82. The fourth-order valence-electron chi connectivity index (χ4n) is 3.16. The first-order chi connectivity index (χ1) is 9.37. The molecule has 5 nitrogen and oxygen atoms in total. The van der Waals surface area contributed by atoms with E-state index in [1.54, 1.807) is 12.4 Å². The summed E-state index contributed by atoms with van der Waals surface area (Å²) in [5.41, 5.74) is 1.35. The second-order valence-electron chi connectivity index (χ2n) is 5.57. The molecule has 19 heavy (non-hydrogen) atoms. The molecule has 0 bridgehead atoms. The summed E-state index contributed by atoms with van der Waals surface area (Å²) >= 11 is 0. The van der Waals surface area contributed by atoms with E-state index in [2.05, 4.69) is 20.4 Å². The normalized spacial score (nSPS) is 24.5. The van der Waals surface area contributed by atoms with Crippen LogP contribution in [0.5, 0.6) is 0 Å². The molecule has 0 radical (unpaired) electrons. The van der Waals surface area contributed by atoms with Gasteiger partial charge in [0.05, 0.1) is 0 Å². The molecule has 1 aliphatic heterocycles. The number of hydrogen-bond acceptors (Lipinski definition) is 5. The molecular formula is C14H16N4O. The Bertz CT molecular complexity index is 574. The SMILES string of the molecule is c1cncc(-c2noc(C3CC34CCNCC4)n2)c1. The maximum atomic E-state index is 5.46. The molecule has 1 atom stereocenters. The Hall–Kier alpha value is -1.75. The highest BCUT2D eigenvalue weighted by atomic mass is 16.5. The Morgan fingerprint density at radius 3 is 3.00 bits per heavy atom. The fourth-order valence-corrected chi connectivity index (χ4v) is 3.16. The van der Waals surface area contributed by atoms with E-state index in [1.165, 1.54) is 19.3 Å². The van der Waals surface area contributed by atoms with Gasteiger partial charge in [0, 0.05) is 23.9 Å². The van der Waals surface area contributed by atoms with Crippen LogP contribution in [0.3, 0.4) is 0 Å². The number of hydrogen-bond donors (Lipinski definition) is 1. The molecule has 3 heterocycles. The maximum Gasteiger partial charge on any atom is 0.230 e. The van der Waals surface area contributed by atoms with Gasteiger partial charge in [-0.3, -0.25) is 4.98 Å². The van der Waals surface area contributed by atoms with Crippen molar-refractivity contribution in [3.63, 3.8) is 0 Å². The average Bonchev–Trinajstić information content (AvgIpc) is 2.96. The van der Waals surface area contributed by atoms with Crippen molar-refractivity contribution in [1.82, 2.24) is 20.4 Å². The third-order valence-electron chi connectivity index (χ3n) is 4.45. The van der Waals surface area contributed by atoms with Crippen LogP contribution in [0.2, 0.25) is 0 Å². The van der Waals surface area contributed by atoms with Gasteiger partial charge in [-0.25, -0.2) is 0 Å². The van der Waals surface area contributed by atoms with Crippen LogP contribution >= 0.6 is 0 Å². The zero-order valence-electron chi connectivity index (χ0n) is 10.7. The average molecular weight is 256 g/mol. The van der Waals surface area contributed by atoms with Crippen molar-refractivity contribution in [2.45, 2.75) is 25.2 Å². The molecule has 1 unspecified atom stereocenters. The highest BCUT2D eigenvalue weighted by Crippen LogP contribution is 2.63. The lowest BCUT2D eigenvalue weighted by Gasteiger charge is -2.22. The van der Waals surface area contributed by atoms with E-state index in [0.29, 0.717) is 17.2 Å². The molecule has 1 saturated heterocycles. The third kappa shape index (κ3) is 1.85. The second-order valence-corrected chi connectivity index (χ2v) is 5.57. The molecule has 5 heteroatoms. The van der Waals surface area contributed by atoms with Crippen LogP contribution in [0.25, 0.3) is 11.4 Å². The lowest BCUT2D eigenvalue weighted by molar-refractivity contribution is 0.311. The summed E-state index contributed by atoms with van der Waals surface area (Å²) in [5.74, 6) is 1.92. The summed E-state index contributed by atoms with van der Waals surface area (Å²) in [7, 11) is 0. The van der Waals surface area contributed by atoms with Crippen molar-refractivity contribution in [2.24, 2.45) is 5.41 Å². The molecule has 2 aromatic rings. The Labute approximate surface area is 111 Å². The van der Waals surface area contributed by atoms with Crippen molar-refractivity contribution in [3.8, 4) is 11.4 Å². The van der Waals surface area contributed by atoms with Gasteiger partial charge in [-0.1, -0.05) is 5.16 Å². The van der Waals surface area contributed by atoms with Crippen molar-refractivity contribution in [3.05, 3.63) is 30.4 Å². The van der Waals surface area contributed by atoms with E-state index >= 15 is 0 Å². The number of aromatic nitrogens is 3. The van der Waals surface area contributed by atoms with Crippen molar-refractivity contribution in [2.75, 3.05) is 13.1 Å². The van der Waals surface area contributed by atoms with Crippen molar-refractivity contribution >= 4 is 0 Å². The van der Waals surface area contributed by atoms with Crippen LogP contribution in [0.1, 0.15) is 31.1 Å². The minimum absolute atomic E-state index is 0.435. The van der Waals surface area contributed by atoms with Crippen molar-refractivity contribution < 1.29 is 4.52 Å². The van der Waals surface area contributed by atoms with E-state index < -0.39 is 0 Å². The van der Waals surface area contributed by atoms with Gasteiger partial charge in [-0.15, -0.1) is 0 Å². The summed E-state index contributed by atoms with van der Waals surface area (Å²) in [6.45, 7) is 2.22. The minimum Gasteiger partial charge on any atom is -0.339 e. The first kappa shape index (κ1) is 11.1. The molecule has 2 fully saturated rings. The van der Waals surface area contributed by atoms with Crippen LogP contribution in [0.15, 0.2) is 29.0 Å². The molecule has 4 rings (SSSR count). The van der Waals surface area contributed by atoms with Gasteiger partial charge in [-0.2, -0.15) is 4.98 Å². The fraction of sp³-hybridized carbons (Fsp3) is 0.500. The molecular weight excluding hydrogens is 240 g/mol. The number of piperidine rings is 1. The number of nitrogens with zero attached hydrogens (tertiary/aromatic N) is 3. The molecule has 1 aliphatic carbocycles. The number of rotatable bonds is 2. The van der Waals surface area contributed by atoms with Gasteiger partial charge < -0.3 is 9.84 Å². The highest BCUT2D eigenvalue weighted by molar-refractivity contribution is 5.52. The molecule has 0 amide bonds. The summed E-state index contributed by atoms with van der Waals surface area (Å²) in [6, 6.07) is 3.84. The summed E-state index contributed by atoms with van der Waals surface area (Å²) in [4.78, 5) is 8.64. The lowest BCUT2D eigenvalue weighted by atomic mass is 9.92. The standard InChI is InChI=1S/C14H16N4O/c1-2-10(9-16-5-1)12-17-13(19-18-12)11-8-14(11)3-6-15-7-4-14/h1-2,5,9,11,15H,3-4,6-8H2. The first-order valence-electron chi connectivity index (χ1n) is 6.82. The van der Waals surface area contributed by atoms with Crippen LogP contribution in [0, 0.1) is 5.41 Å². The Morgan fingerprint density at radius 1 is 1.32 bits per heavy atom. The zero-order chi connectivity index (χ0) is 12.7. The van der Waals surface area contributed by atoms with Crippen LogP contribution < -0.4 is 5.32 Å². The zero-order valence-corrected chi connectivity index (χ0v) is 10.7. The number of pyridine rings is 1. The molecule has 0 aromatic carbocycles. The molecule has 1 N–H and O–H groups in total. The van der Waals surface area contributed by atoms with Crippen LogP contribution in [0.4, 0.5) is 0 Å². The van der Waals surface area contributed by atoms with Gasteiger partial charge in [0.1, 0.15) is 0 Å². The molecule has 1 saturated carbocycles. The minimum atomic E-state index is 0.435. The lowest BCUT2D eigenvalue weighted by Crippen LogP contribution is -2.29. The number of nitrogens with one attached hydrogen (secondary N) is 1. The second kappa shape index (κ2) is 4.13. The van der Waals surface area contributed by atoms with Crippen LogP contribution in [-0.2, 0) is 0 Å². The largest absolute Gasteiger partial charge is 0.339 e. The predicted molar refractivity (Wildman–Crippen MR) is 69.4 cm³/mol. The Kier molecular flexibility index (Phi) is 2.41. The Morgan fingerprint density at radius 2 is 2.21 bits per heavy atom. The summed E-state index contributed by atoms with van der Waals surface area (Å²) in [6.07, 6.45) is 7.16. The molecule has 1 spiro atoms. The van der Waals surface area contributed by atoms with Gasteiger partial charge >= 0.3 is 0 Å². The van der Waals surface area contributed by atoms with Crippen LogP contribution in [-0.4, -0.2) is 28.2 Å². The van der Waals surface area contributed by atoms with Gasteiger partial charge in [0.25, 0.3) is 0 Å². The van der Waals surface area contributed by atoms with E-state index in [9.17, 15) is 0 Å².